The molecule has 1 aliphatic heterocycles. The number of amides is 1. The molecule has 2 heterocycles. The Bertz CT molecular complexity index is 1230. The SMILES string of the molecule is COC(=O)c1cn([C@H]2C[C@@H](C(=O)NCCc3ccc(F)cc3)N(C/C=C/c3ccc(OC)cc3)C2)nn1. The number of hydrogen-bond donors (Lipinski definition) is 1. The first-order chi connectivity index (χ1) is 18.0. The number of methoxy groups -OCH3 is 2. The Balaban J connectivity index is 1.42. The van der Waals surface area contributed by atoms with Crippen LogP contribution in [-0.4, -0.2) is 71.7 Å². The van der Waals surface area contributed by atoms with Crippen molar-refractivity contribution in [3.63, 3.8) is 0 Å². The molecule has 4 rings (SSSR count). The maximum absolute atomic E-state index is 13.2. The predicted octanol–water partition coefficient (Wildman–Crippen LogP) is 2.90. The highest BCUT2D eigenvalue weighted by Crippen LogP contribution is 2.27. The van der Waals surface area contributed by atoms with E-state index in [-0.39, 0.29) is 29.5 Å². The van der Waals surface area contributed by atoms with Gasteiger partial charge in [0.25, 0.3) is 0 Å². The highest BCUT2D eigenvalue weighted by molar-refractivity contribution is 5.86. The largest absolute Gasteiger partial charge is 0.497 e. The highest BCUT2D eigenvalue weighted by Gasteiger charge is 2.37. The number of benzene rings is 2. The van der Waals surface area contributed by atoms with Crippen molar-refractivity contribution in [1.82, 2.24) is 25.2 Å². The maximum atomic E-state index is 13.2. The molecular formula is C27H30FN5O4. The molecule has 2 aromatic carbocycles. The number of halogens is 1. The summed E-state index contributed by atoms with van der Waals surface area (Å²) in [7, 11) is 2.92. The molecule has 0 spiro atoms. The van der Waals surface area contributed by atoms with Gasteiger partial charge in [0, 0.05) is 19.6 Å². The average molecular weight is 508 g/mol. The van der Waals surface area contributed by atoms with Crippen LogP contribution in [0.1, 0.15) is 34.1 Å². The lowest BCUT2D eigenvalue weighted by Crippen LogP contribution is -2.43. The molecule has 1 aromatic heterocycles. The molecule has 0 radical (unpaired) electrons. The zero-order valence-electron chi connectivity index (χ0n) is 20.8. The number of nitrogens with one attached hydrogen (secondary N) is 1. The number of carbonyl (C=O) groups excluding carboxylic acids is 2. The lowest BCUT2D eigenvalue weighted by molar-refractivity contribution is -0.125. The van der Waals surface area contributed by atoms with Crippen LogP contribution in [0.4, 0.5) is 4.39 Å². The van der Waals surface area contributed by atoms with Crippen LogP contribution in [0.3, 0.4) is 0 Å². The molecule has 1 saturated heterocycles. The van der Waals surface area contributed by atoms with E-state index in [0.717, 1.165) is 16.9 Å². The first-order valence-corrected chi connectivity index (χ1v) is 12.0. The van der Waals surface area contributed by atoms with Crippen molar-refractivity contribution in [3.05, 3.63) is 83.4 Å². The number of nitrogens with zero attached hydrogens (tertiary/aromatic N) is 4. The van der Waals surface area contributed by atoms with Gasteiger partial charge in [0.15, 0.2) is 5.69 Å². The van der Waals surface area contributed by atoms with Crippen LogP contribution in [0.2, 0.25) is 0 Å². The molecule has 3 aromatic rings. The minimum Gasteiger partial charge on any atom is -0.497 e. The fraction of sp³-hybridized carbons (Fsp3) is 0.333. The Hall–Kier alpha value is -4.05. The quantitative estimate of drug-likeness (QED) is 0.422. The van der Waals surface area contributed by atoms with Gasteiger partial charge in [0.1, 0.15) is 11.6 Å². The van der Waals surface area contributed by atoms with Crippen LogP contribution < -0.4 is 10.1 Å². The van der Waals surface area contributed by atoms with E-state index < -0.39 is 5.97 Å². The molecule has 1 N–H and O–H groups in total. The third kappa shape index (κ3) is 6.79. The van der Waals surface area contributed by atoms with Gasteiger partial charge >= 0.3 is 5.97 Å². The van der Waals surface area contributed by atoms with Gasteiger partial charge in [-0.3, -0.25) is 9.69 Å². The Labute approximate surface area is 214 Å². The fourth-order valence-corrected chi connectivity index (χ4v) is 4.34. The zero-order chi connectivity index (χ0) is 26.2. The van der Waals surface area contributed by atoms with E-state index in [9.17, 15) is 14.0 Å². The van der Waals surface area contributed by atoms with E-state index in [2.05, 4.69) is 20.5 Å². The maximum Gasteiger partial charge on any atom is 0.360 e. The molecule has 194 valence electrons. The van der Waals surface area contributed by atoms with Gasteiger partial charge < -0.3 is 14.8 Å². The van der Waals surface area contributed by atoms with E-state index in [1.807, 2.05) is 36.4 Å². The van der Waals surface area contributed by atoms with Gasteiger partial charge in [0.05, 0.1) is 32.5 Å². The van der Waals surface area contributed by atoms with E-state index >= 15 is 0 Å². The summed E-state index contributed by atoms with van der Waals surface area (Å²) in [6.45, 7) is 1.56. The number of carbonyl (C=O) groups is 2. The number of ether oxygens (including phenoxy) is 2. The number of rotatable bonds is 10. The second-order valence-electron chi connectivity index (χ2n) is 8.78. The molecular weight excluding hydrogens is 477 g/mol. The van der Waals surface area contributed by atoms with Gasteiger partial charge in [-0.05, 0) is 48.2 Å². The monoisotopic (exact) mass is 507 g/mol. The molecule has 2 atom stereocenters. The smallest absolute Gasteiger partial charge is 0.360 e. The number of esters is 1. The summed E-state index contributed by atoms with van der Waals surface area (Å²) in [5.41, 5.74) is 2.10. The molecule has 1 aliphatic rings. The molecule has 0 unspecified atom stereocenters. The molecule has 1 amide bonds. The third-order valence-electron chi connectivity index (χ3n) is 6.36. The minimum atomic E-state index is -0.557. The van der Waals surface area contributed by atoms with Gasteiger partial charge in [-0.25, -0.2) is 13.9 Å². The summed E-state index contributed by atoms with van der Waals surface area (Å²) in [4.78, 5) is 27.0. The number of aromatic nitrogens is 3. The van der Waals surface area contributed by atoms with Crippen LogP contribution in [-0.2, 0) is 16.0 Å². The topological polar surface area (TPSA) is 98.6 Å². The van der Waals surface area contributed by atoms with Crippen molar-refractivity contribution in [2.45, 2.75) is 24.9 Å². The summed E-state index contributed by atoms with van der Waals surface area (Å²) in [5.74, 6) is -0.142. The molecule has 37 heavy (non-hydrogen) atoms. The summed E-state index contributed by atoms with van der Waals surface area (Å²) >= 11 is 0. The van der Waals surface area contributed by atoms with Crippen molar-refractivity contribution in [2.75, 3.05) is 33.9 Å². The Morgan fingerprint density at radius 2 is 1.89 bits per heavy atom. The second-order valence-corrected chi connectivity index (χ2v) is 8.78. The van der Waals surface area contributed by atoms with Crippen LogP contribution >= 0.6 is 0 Å². The third-order valence-corrected chi connectivity index (χ3v) is 6.36. The molecule has 0 saturated carbocycles. The average Bonchev–Trinajstić information content (AvgIpc) is 3.58. The van der Waals surface area contributed by atoms with Crippen LogP contribution in [0.15, 0.2) is 60.8 Å². The zero-order valence-corrected chi connectivity index (χ0v) is 20.8. The standard InChI is InChI=1S/C27H30FN5O4/c1-36-23-11-7-19(8-12-23)4-3-15-32-17-22(33-18-24(30-31-33)27(35)37-2)16-25(32)26(34)29-14-13-20-5-9-21(28)10-6-20/h3-12,18,22,25H,13-17H2,1-2H3,(H,29,34)/b4-3+/t22-,25-/m0/s1. The van der Waals surface area contributed by atoms with Crippen LogP contribution in [0.5, 0.6) is 5.75 Å². The van der Waals surface area contributed by atoms with Crippen LogP contribution in [0, 0.1) is 5.82 Å². The van der Waals surface area contributed by atoms with E-state index in [0.29, 0.717) is 32.5 Å². The Morgan fingerprint density at radius 3 is 2.59 bits per heavy atom. The van der Waals surface area contributed by atoms with Gasteiger partial charge in [-0.1, -0.05) is 41.6 Å². The minimum absolute atomic E-state index is 0.0873. The van der Waals surface area contributed by atoms with Crippen molar-refractivity contribution in [1.29, 1.82) is 0 Å². The first-order valence-electron chi connectivity index (χ1n) is 12.0. The Kier molecular flexibility index (Phi) is 8.63. The van der Waals surface area contributed by atoms with Gasteiger partial charge in [0.2, 0.25) is 5.91 Å². The van der Waals surface area contributed by atoms with Crippen LogP contribution in [0.25, 0.3) is 6.08 Å². The molecule has 10 heteroatoms. The summed E-state index contributed by atoms with van der Waals surface area (Å²) < 4.78 is 24.7. The van der Waals surface area contributed by atoms with Crippen molar-refractivity contribution in [3.8, 4) is 5.75 Å². The lowest BCUT2D eigenvalue weighted by atomic mass is 10.1. The van der Waals surface area contributed by atoms with Crippen molar-refractivity contribution >= 4 is 18.0 Å². The van der Waals surface area contributed by atoms with Crippen molar-refractivity contribution in [2.24, 2.45) is 0 Å². The molecule has 0 bridgehead atoms. The molecule has 1 fully saturated rings. The predicted molar refractivity (Wildman–Crippen MR) is 136 cm³/mol. The Morgan fingerprint density at radius 1 is 1.14 bits per heavy atom. The summed E-state index contributed by atoms with van der Waals surface area (Å²) in [6, 6.07) is 13.5. The normalized spacial score (nSPS) is 17.7. The molecule has 9 nitrogen and oxygen atoms in total. The van der Waals surface area contributed by atoms with Gasteiger partial charge in [-0.2, -0.15) is 0 Å². The molecule has 0 aliphatic carbocycles. The lowest BCUT2D eigenvalue weighted by Gasteiger charge is -2.22. The van der Waals surface area contributed by atoms with E-state index in [4.69, 9.17) is 9.47 Å². The van der Waals surface area contributed by atoms with E-state index in [1.54, 1.807) is 30.1 Å². The van der Waals surface area contributed by atoms with Crippen molar-refractivity contribution < 1.29 is 23.5 Å². The summed E-state index contributed by atoms with van der Waals surface area (Å²) in [6.07, 6.45) is 6.69. The highest BCUT2D eigenvalue weighted by atomic mass is 19.1. The number of likely N-dealkylation sites (tertiary alicyclic amines) is 1. The second kappa shape index (κ2) is 12.3. The summed E-state index contributed by atoms with van der Waals surface area (Å²) in [5, 5.41) is 11.0. The van der Waals surface area contributed by atoms with Gasteiger partial charge in [-0.15, -0.1) is 5.10 Å². The van der Waals surface area contributed by atoms with E-state index in [1.165, 1.54) is 19.2 Å². The first kappa shape index (κ1) is 26.0. The number of hydrogen-bond acceptors (Lipinski definition) is 7. The fourth-order valence-electron chi connectivity index (χ4n) is 4.34.